The van der Waals surface area contributed by atoms with E-state index in [1.165, 1.54) is 5.56 Å². The van der Waals surface area contributed by atoms with Gasteiger partial charge in [-0.2, -0.15) is 5.10 Å². The molecule has 0 spiro atoms. The third-order valence-electron chi connectivity index (χ3n) is 7.16. The van der Waals surface area contributed by atoms with Crippen molar-refractivity contribution < 1.29 is 23.7 Å². The predicted molar refractivity (Wildman–Crippen MR) is 162 cm³/mol. The molecule has 10 nitrogen and oxygen atoms in total. The first-order chi connectivity index (χ1) is 20.2. The molecule has 220 valence electrons. The van der Waals surface area contributed by atoms with Gasteiger partial charge in [-0.1, -0.05) is 32.9 Å². The van der Waals surface area contributed by atoms with Crippen molar-refractivity contribution in [1.29, 1.82) is 0 Å². The van der Waals surface area contributed by atoms with Crippen LogP contribution in [0.1, 0.15) is 68.3 Å². The topological polar surface area (TPSA) is 109 Å². The van der Waals surface area contributed by atoms with E-state index in [9.17, 15) is 4.79 Å². The second kappa shape index (κ2) is 12.1. The minimum absolute atomic E-state index is 0.0166. The summed E-state index contributed by atoms with van der Waals surface area (Å²) in [6.07, 6.45) is 7.33. The largest absolute Gasteiger partial charge is 0.493 e. The molecule has 1 N–H and O–H groups in total. The molecule has 0 saturated carbocycles. The Labute approximate surface area is 246 Å². The van der Waals surface area contributed by atoms with Crippen LogP contribution < -0.4 is 19.5 Å². The maximum atomic E-state index is 13.5. The molecule has 10 heteroatoms. The van der Waals surface area contributed by atoms with E-state index in [1.807, 2.05) is 43.5 Å². The number of dihydropyridines is 1. The maximum absolute atomic E-state index is 13.5. The first-order valence-electron chi connectivity index (χ1n) is 14.0. The van der Waals surface area contributed by atoms with Gasteiger partial charge >= 0.3 is 0 Å². The van der Waals surface area contributed by atoms with Gasteiger partial charge in [0.25, 0.3) is 5.91 Å². The molecular weight excluding hydrogens is 534 g/mol. The summed E-state index contributed by atoms with van der Waals surface area (Å²) in [4.78, 5) is 22.6. The van der Waals surface area contributed by atoms with Crippen molar-refractivity contribution in [3.8, 4) is 22.9 Å². The number of fused-ring (bicyclic) bond motifs is 1. The number of carbonyl (C=O) groups is 1. The van der Waals surface area contributed by atoms with Gasteiger partial charge < -0.3 is 24.3 Å². The predicted octanol–water partition coefficient (Wildman–Crippen LogP) is 5.86. The number of nitrogens with zero attached hydrogens (tertiary/aromatic N) is 4. The number of methoxy groups -OCH3 is 2. The molecule has 0 aliphatic carbocycles. The van der Waals surface area contributed by atoms with Crippen LogP contribution in [0.5, 0.6) is 17.2 Å². The van der Waals surface area contributed by atoms with Crippen molar-refractivity contribution in [2.75, 3.05) is 20.8 Å². The lowest BCUT2D eigenvalue weighted by Gasteiger charge is -2.25. The number of ether oxygens (including phenoxy) is 4. The molecule has 3 aromatic rings. The van der Waals surface area contributed by atoms with Crippen molar-refractivity contribution in [2.45, 2.75) is 58.2 Å². The lowest BCUT2D eigenvalue weighted by Crippen LogP contribution is -2.36. The monoisotopic (exact) mass is 571 g/mol. The number of hydrogen-bond acceptors (Lipinski definition) is 8. The summed E-state index contributed by atoms with van der Waals surface area (Å²) in [5.41, 5.74) is 3.99. The summed E-state index contributed by atoms with van der Waals surface area (Å²) in [6, 6.07) is 11.8. The van der Waals surface area contributed by atoms with E-state index >= 15 is 0 Å². The molecule has 1 amide bonds. The Morgan fingerprint density at radius 3 is 2.43 bits per heavy atom. The van der Waals surface area contributed by atoms with Crippen LogP contribution in [-0.2, 0) is 10.2 Å². The summed E-state index contributed by atoms with van der Waals surface area (Å²) in [6.45, 7) is 8.77. The van der Waals surface area contributed by atoms with Gasteiger partial charge in [-0.05, 0) is 42.2 Å². The molecule has 0 saturated heterocycles. The second-order valence-corrected chi connectivity index (χ2v) is 11.0. The fraction of sp³-hybridized carbons (Fsp3) is 0.375. The fourth-order valence-electron chi connectivity index (χ4n) is 4.90. The molecular formula is C32H37N5O5. The van der Waals surface area contributed by atoms with Crippen LogP contribution in [0.15, 0.2) is 64.4 Å². The summed E-state index contributed by atoms with van der Waals surface area (Å²) in [5, 5.41) is 7.47. The van der Waals surface area contributed by atoms with Crippen LogP contribution in [0.25, 0.3) is 5.69 Å². The molecule has 2 atom stereocenters. The molecule has 0 radical (unpaired) electrons. The van der Waals surface area contributed by atoms with Gasteiger partial charge in [-0.15, -0.1) is 0 Å². The number of benzene rings is 2. The van der Waals surface area contributed by atoms with Crippen LogP contribution in [0, 0.1) is 0 Å². The third-order valence-corrected chi connectivity index (χ3v) is 7.16. The highest BCUT2D eigenvalue weighted by atomic mass is 16.5. The van der Waals surface area contributed by atoms with Gasteiger partial charge in [0.1, 0.15) is 18.0 Å². The molecule has 42 heavy (non-hydrogen) atoms. The summed E-state index contributed by atoms with van der Waals surface area (Å²) in [5.74, 6) is 1.95. The molecule has 2 unspecified atom stereocenters. The Bertz CT molecular complexity index is 1530. The Morgan fingerprint density at radius 2 is 1.79 bits per heavy atom. The summed E-state index contributed by atoms with van der Waals surface area (Å²) >= 11 is 0. The average Bonchev–Trinajstić information content (AvgIpc) is 3.41. The zero-order chi connectivity index (χ0) is 29.9. The van der Waals surface area contributed by atoms with Gasteiger partial charge in [0.05, 0.1) is 44.6 Å². The van der Waals surface area contributed by atoms with Crippen LogP contribution in [0.2, 0.25) is 0 Å². The van der Waals surface area contributed by atoms with Crippen molar-refractivity contribution in [3.63, 3.8) is 0 Å². The highest BCUT2D eigenvalue weighted by Gasteiger charge is 2.26. The number of hydrogen-bond donors (Lipinski definition) is 1. The normalized spacial score (nSPS) is 17.7. The number of carbonyl (C=O) groups excluding carboxylic acids is 1. The zero-order valence-corrected chi connectivity index (χ0v) is 24.9. The van der Waals surface area contributed by atoms with E-state index in [0.29, 0.717) is 48.2 Å². The molecule has 2 aliphatic rings. The van der Waals surface area contributed by atoms with Crippen LogP contribution in [0.3, 0.4) is 0 Å². The van der Waals surface area contributed by atoms with E-state index in [2.05, 4.69) is 53.3 Å². The quantitative estimate of drug-likeness (QED) is 0.344. The lowest BCUT2D eigenvalue weighted by molar-refractivity contribution is 0.0924. The Kier molecular flexibility index (Phi) is 8.33. The van der Waals surface area contributed by atoms with Crippen LogP contribution in [-0.4, -0.2) is 55.1 Å². The molecule has 0 fully saturated rings. The van der Waals surface area contributed by atoms with Crippen LogP contribution >= 0.6 is 0 Å². The first kappa shape index (κ1) is 28.9. The van der Waals surface area contributed by atoms with Gasteiger partial charge in [0, 0.05) is 30.7 Å². The van der Waals surface area contributed by atoms with E-state index < -0.39 is 6.17 Å². The number of aliphatic imine (C=N–C) groups is 2. The van der Waals surface area contributed by atoms with Crippen molar-refractivity contribution >= 4 is 24.0 Å². The average molecular weight is 572 g/mol. The van der Waals surface area contributed by atoms with E-state index in [1.54, 1.807) is 31.3 Å². The Morgan fingerprint density at radius 1 is 1.05 bits per heavy atom. The molecule has 2 aromatic carbocycles. The Balaban J connectivity index is 1.28. The number of nitrogens with one attached hydrogen (secondary N) is 1. The number of aromatic nitrogens is 2. The third kappa shape index (κ3) is 6.02. The number of rotatable bonds is 9. The maximum Gasteiger partial charge on any atom is 0.275 e. The van der Waals surface area contributed by atoms with Crippen molar-refractivity contribution in [2.24, 2.45) is 9.98 Å². The van der Waals surface area contributed by atoms with Crippen molar-refractivity contribution in [1.82, 2.24) is 15.1 Å². The van der Waals surface area contributed by atoms with E-state index in [4.69, 9.17) is 18.9 Å². The minimum atomic E-state index is -0.462. The molecule has 0 bridgehead atoms. The highest BCUT2D eigenvalue weighted by molar-refractivity contribution is 5.96. The minimum Gasteiger partial charge on any atom is -0.493 e. The van der Waals surface area contributed by atoms with Gasteiger partial charge in [-0.3, -0.25) is 14.8 Å². The standard InChI is InChI=1S/C32H37N5O5/c1-7-41-28-19-35-37(21-10-8-20(9-11-21)32(2,3)4)30(28)31(38)36-29-13-12-22(18-34-29)42-25-14-15-33-24-17-27(40-6)26(39-5)16-23(24)25/h8-12,15-19,25,29H,7,13-14H2,1-6H3,(H,36,38). The molecule has 1 aromatic heterocycles. The number of amides is 1. The summed E-state index contributed by atoms with van der Waals surface area (Å²) < 4.78 is 24.5. The fourth-order valence-corrected chi connectivity index (χ4v) is 4.90. The van der Waals surface area contributed by atoms with Gasteiger partial charge in [0.15, 0.2) is 22.9 Å². The lowest BCUT2D eigenvalue weighted by atomic mass is 9.87. The molecule has 5 rings (SSSR count). The van der Waals surface area contributed by atoms with Crippen molar-refractivity contribution in [3.05, 3.63) is 71.3 Å². The van der Waals surface area contributed by atoms with Gasteiger partial charge in [0.2, 0.25) is 0 Å². The SMILES string of the molecule is CCOc1cnn(-c2ccc(C(C)(C)C)cc2)c1C(=O)NC1CC=C(OC2CC=Nc3cc(OC)c(OC)cc32)C=N1. The van der Waals surface area contributed by atoms with E-state index in [-0.39, 0.29) is 17.4 Å². The number of allylic oxidation sites excluding steroid dienone is 1. The highest BCUT2D eigenvalue weighted by Crippen LogP contribution is 2.42. The van der Waals surface area contributed by atoms with E-state index in [0.717, 1.165) is 16.9 Å². The second-order valence-electron chi connectivity index (χ2n) is 11.0. The smallest absolute Gasteiger partial charge is 0.275 e. The first-order valence-corrected chi connectivity index (χ1v) is 14.0. The molecule has 3 heterocycles. The summed E-state index contributed by atoms with van der Waals surface area (Å²) in [7, 11) is 3.20. The Hall–Kier alpha value is -4.60. The van der Waals surface area contributed by atoms with Gasteiger partial charge in [-0.25, -0.2) is 4.68 Å². The van der Waals surface area contributed by atoms with Crippen LogP contribution in [0.4, 0.5) is 5.69 Å². The zero-order valence-electron chi connectivity index (χ0n) is 24.9. The molecule has 2 aliphatic heterocycles.